The van der Waals surface area contributed by atoms with Crippen LogP contribution in [0.2, 0.25) is 0 Å². The fourth-order valence-electron chi connectivity index (χ4n) is 2.52. The first-order valence-corrected chi connectivity index (χ1v) is 8.77. The fourth-order valence-corrected chi connectivity index (χ4v) is 2.52. The van der Waals surface area contributed by atoms with Crippen LogP contribution in [0.3, 0.4) is 0 Å². The minimum Gasteiger partial charge on any atom is -0.356 e. The summed E-state index contributed by atoms with van der Waals surface area (Å²) in [5, 5.41) is 6.37. The predicted octanol–water partition coefficient (Wildman–Crippen LogP) is 2.01. The number of allylic oxidation sites excluding steroid dienone is 3. The van der Waals surface area contributed by atoms with Gasteiger partial charge in [-0.3, -0.25) is 9.59 Å². The van der Waals surface area contributed by atoms with E-state index in [2.05, 4.69) is 41.9 Å². The summed E-state index contributed by atoms with van der Waals surface area (Å²) in [5.41, 5.74) is 0. The van der Waals surface area contributed by atoms with Gasteiger partial charge in [0.1, 0.15) is 0 Å². The van der Waals surface area contributed by atoms with Crippen molar-refractivity contribution in [3.05, 3.63) is 24.3 Å². The molecular formula is C18H31N3O2. The molecule has 1 aliphatic heterocycles. The molecule has 0 aromatic rings. The van der Waals surface area contributed by atoms with E-state index in [1.54, 1.807) is 0 Å². The van der Waals surface area contributed by atoms with E-state index in [1.807, 2.05) is 4.90 Å². The highest BCUT2D eigenvalue weighted by Crippen LogP contribution is 2.01. The van der Waals surface area contributed by atoms with Crippen LogP contribution in [-0.2, 0) is 9.59 Å². The predicted molar refractivity (Wildman–Crippen MR) is 94.1 cm³/mol. The molecule has 0 saturated carbocycles. The van der Waals surface area contributed by atoms with Crippen molar-refractivity contribution >= 4 is 12.3 Å². The summed E-state index contributed by atoms with van der Waals surface area (Å²) in [5.74, 6) is 0.0859. The lowest BCUT2D eigenvalue weighted by Gasteiger charge is -2.18. The van der Waals surface area contributed by atoms with Crippen molar-refractivity contribution in [2.75, 3.05) is 26.2 Å². The van der Waals surface area contributed by atoms with Crippen molar-refractivity contribution in [2.24, 2.45) is 0 Å². The molecule has 0 aromatic carbocycles. The van der Waals surface area contributed by atoms with E-state index in [0.29, 0.717) is 13.0 Å². The molecule has 1 atom stereocenters. The minimum absolute atomic E-state index is 0.0514. The van der Waals surface area contributed by atoms with Gasteiger partial charge in [0.15, 0.2) is 0 Å². The average molecular weight is 321 g/mol. The molecule has 0 aliphatic carbocycles. The zero-order chi connectivity index (χ0) is 16.8. The van der Waals surface area contributed by atoms with Crippen molar-refractivity contribution in [1.29, 1.82) is 0 Å². The van der Waals surface area contributed by atoms with Gasteiger partial charge in [0, 0.05) is 32.1 Å². The molecule has 5 heteroatoms. The highest BCUT2D eigenvalue weighted by Gasteiger charge is 2.11. The second kappa shape index (κ2) is 12.9. The first-order chi connectivity index (χ1) is 11.3. The van der Waals surface area contributed by atoms with Crippen LogP contribution in [0.1, 0.15) is 45.4 Å². The van der Waals surface area contributed by atoms with Gasteiger partial charge in [-0.25, -0.2) is 0 Å². The molecule has 2 amide bonds. The maximum absolute atomic E-state index is 12.0. The largest absolute Gasteiger partial charge is 0.356 e. The summed E-state index contributed by atoms with van der Waals surface area (Å²) in [4.78, 5) is 24.8. The molecule has 0 spiro atoms. The lowest BCUT2D eigenvalue weighted by atomic mass is 10.1. The van der Waals surface area contributed by atoms with Gasteiger partial charge in [0.2, 0.25) is 12.3 Å². The Morgan fingerprint density at radius 1 is 1.13 bits per heavy atom. The van der Waals surface area contributed by atoms with Gasteiger partial charge in [-0.2, -0.15) is 0 Å². The van der Waals surface area contributed by atoms with Crippen LogP contribution in [0.4, 0.5) is 0 Å². The highest BCUT2D eigenvalue weighted by atomic mass is 16.1. The Labute approximate surface area is 140 Å². The molecule has 5 nitrogen and oxygen atoms in total. The number of nitrogens with zero attached hydrogens (tertiary/aromatic N) is 1. The Balaban J connectivity index is 2.52. The van der Waals surface area contributed by atoms with Crippen LogP contribution in [-0.4, -0.2) is 49.4 Å². The monoisotopic (exact) mass is 321 g/mol. The molecule has 1 heterocycles. The number of rotatable bonds is 5. The number of nitrogens with one attached hydrogen (secondary N) is 2. The standard InChI is InChI=1S/C18H31N3O2/c1-2-3-4-5-6-10-17-15-18(23)20-11-7-8-13-21(16-22)14-9-12-19-17/h3-4,6,10,16-17,19H,2,5,7-9,11-15H2,1H3,(H,20,23)/t17-/m1/s1. The quantitative estimate of drug-likeness (QED) is 0.601. The van der Waals surface area contributed by atoms with Gasteiger partial charge in [0.25, 0.3) is 0 Å². The van der Waals surface area contributed by atoms with Crippen molar-refractivity contribution in [2.45, 2.75) is 51.5 Å². The molecule has 0 radical (unpaired) electrons. The van der Waals surface area contributed by atoms with Gasteiger partial charge in [-0.05, 0) is 38.6 Å². The average Bonchev–Trinajstić information content (AvgIpc) is 2.56. The lowest BCUT2D eigenvalue weighted by Crippen LogP contribution is -2.35. The molecule has 0 aromatic heterocycles. The summed E-state index contributed by atoms with van der Waals surface area (Å²) >= 11 is 0. The third-order valence-corrected chi connectivity index (χ3v) is 3.82. The van der Waals surface area contributed by atoms with Crippen LogP contribution in [0.5, 0.6) is 0 Å². The first kappa shape index (κ1) is 19.4. The number of carbonyl (C=O) groups excluding carboxylic acids is 2. The maximum atomic E-state index is 12.0. The molecule has 1 aliphatic rings. The fraction of sp³-hybridized carbons (Fsp3) is 0.667. The Hall–Kier alpha value is -1.62. The molecule has 23 heavy (non-hydrogen) atoms. The summed E-state index contributed by atoms with van der Waals surface area (Å²) in [6.45, 7) is 5.14. The topological polar surface area (TPSA) is 61.4 Å². The van der Waals surface area contributed by atoms with Crippen molar-refractivity contribution in [1.82, 2.24) is 15.5 Å². The Bertz CT molecular complexity index is 394. The van der Waals surface area contributed by atoms with Gasteiger partial charge >= 0.3 is 0 Å². The number of amides is 2. The Kier molecular flexibility index (Phi) is 10.9. The van der Waals surface area contributed by atoms with E-state index in [4.69, 9.17) is 0 Å². The molecule has 0 unspecified atom stereocenters. The maximum Gasteiger partial charge on any atom is 0.221 e. The highest BCUT2D eigenvalue weighted by molar-refractivity contribution is 5.76. The summed E-state index contributed by atoms with van der Waals surface area (Å²) in [6, 6.07) is 0.0514. The van der Waals surface area contributed by atoms with Gasteiger partial charge in [0.05, 0.1) is 0 Å². The van der Waals surface area contributed by atoms with Crippen LogP contribution in [0.25, 0.3) is 0 Å². The van der Waals surface area contributed by atoms with Crippen molar-refractivity contribution in [3.63, 3.8) is 0 Å². The second-order valence-corrected chi connectivity index (χ2v) is 5.86. The summed E-state index contributed by atoms with van der Waals surface area (Å²) < 4.78 is 0. The normalized spacial score (nSPS) is 22.4. The SMILES string of the molecule is CCC=CCC=C[C@@H]1CC(=O)NCCCCN(C=O)CCCN1. The smallest absolute Gasteiger partial charge is 0.221 e. The third kappa shape index (κ3) is 9.89. The molecule has 1 rings (SSSR count). The van der Waals surface area contributed by atoms with E-state index >= 15 is 0 Å². The molecule has 1 fully saturated rings. The first-order valence-electron chi connectivity index (χ1n) is 8.77. The summed E-state index contributed by atoms with van der Waals surface area (Å²) in [6.07, 6.45) is 14.5. The van der Waals surface area contributed by atoms with E-state index in [1.165, 1.54) is 0 Å². The van der Waals surface area contributed by atoms with Gasteiger partial charge in [-0.15, -0.1) is 0 Å². The van der Waals surface area contributed by atoms with Crippen molar-refractivity contribution < 1.29 is 9.59 Å². The van der Waals surface area contributed by atoms with Crippen LogP contribution >= 0.6 is 0 Å². The van der Waals surface area contributed by atoms with Gasteiger partial charge in [-0.1, -0.05) is 31.2 Å². The van der Waals surface area contributed by atoms with Crippen LogP contribution < -0.4 is 10.6 Å². The molecule has 1 saturated heterocycles. The Morgan fingerprint density at radius 2 is 1.96 bits per heavy atom. The van der Waals surface area contributed by atoms with Crippen LogP contribution in [0, 0.1) is 0 Å². The van der Waals surface area contributed by atoms with Crippen molar-refractivity contribution in [3.8, 4) is 0 Å². The third-order valence-electron chi connectivity index (χ3n) is 3.82. The van der Waals surface area contributed by atoms with E-state index in [9.17, 15) is 9.59 Å². The molecule has 0 bridgehead atoms. The number of hydrogen-bond donors (Lipinski definition) is 2. The lowest BCUT2D eigenvalue weighted by molar-refractivity contribution is -0.121. The summed E-state index contributed by atoms with van der Waals surface area (Å²) in [7, 11) is 0. The minimum atomic E-state index is 0.0514. The Morgan fingerprint density at radius 3 is 2.74 bits per heavy atom. The van der Waals surface area contributed by atoms with Crippen LogP contribution in [0.15, 0.2) is 24.3 Å². The zero-order valence-electron chi connectivity index (χ0n) is 14.3. The van der Waals surface area contributed by atoms with Gasteiger partial charge < -0.3 is 15.5 Å². The number of hydrogen-bond acceptors (Lipinski definition) is 3. The molecule has 2 N–H and O–H groups in total. The van der Waals surface area contributed by atoms with E-state index in [-0.39, 0.29) is 11.9 Å². The molecule has 130 valence electrons. The molecular weight excluding hydrogens is 290 g/mol. The number of carbonyl (C=O) groups is 2. The van der Waals surface area contributed by atoms with E-state index < -0.39 is 0 Å². The zero-order valence-corrected chi connectivity index (χ0v) is 14.3. The van der Waals surface area contributed by atoms with E-state index in [0.717, 1.165) is 58.1 Å². The second-order valence-electron chi connectivity index (χ2n) is 5.86.